The largest absolute Gasteiger partial charge is 0.493 e. The van der Waals surface area contributed by atoms with Gasteiger partial charge in [-0.2, -0.15) is 12.7 Å². The summed E-state index contributed by atoms with van der Waals surface area (Å²) in [5, 5.41) is 3.43. The number of benzene rings is 2. The number of nitrogens with zero attached hydrogens (tertiary/aromatic N) is 2. The second-order valence-electron chi connectivity index (χ2n) is 9.48. The fourth-order valence-corrected chi connectivity index (χ4v) is 5.34. The van der Waals surface area contributed by atoms with Gasteiger partial charge in [-0.3, -0.25) is 9.35 Å². The molecule has 9 nitrogen and oxygen atoms in total. The van der Waals surface area contributed by atoms with Gasteiger partial charge in [0, 0.05) is 52.1 Å². The smallest absolute Gasteiger partial charge is 0.335 e. The summed E-state index contributed by atoms with van der Waals surface area (Å²) in [6.07, 6.45) is 2.98. The van der Waals surface area contributed by atoms with Crippen LogP contribution in [0.15, 0.2) is 30.3 Å². The first-order chi connectivity index (χ1) is 17.2. The van der Waals surface area contributed by atoms with Crippen LogP contribution in [0.25, 0.3) is 0 Å². The molecule has 2 aromatic rings. The third kappa shape index (κ3) is 6.94. The second kappa shape index (κ2) is 12.4. The van der Waals surface area contributed by atoms with Crippen molar-refractivity contribution in [1.29, 1.82) is 0 Å². The summed E-state index contributed by atoms with van der Waals surface area (Å²) < 4.78 is 43.3. The van der Waals surface area contributed by atoms with Crippen molar-refractivity contribution in [3.05, 3.63) is 58.1 Å². The van der Waals surface area contributed by atoms with E-state index in [2.05, 4.69) is 5.32 Å². The number of carbonyl (C=O) groups is 1. The summed E-state index contributed by atoms with van der Waals surface area (Å²) in [5.74, 6) is 2.00. The van der Waals surface area contributed by atoms with Gasteiger partial charge in [-0.25, -0.2) is 0 Å². The molecule has 204 valence electrons. The first-order valence-corrected chi connectivity index (χ1v) is 13.6. The highest BCUT2D eigenvalue weighted by molar-refractivity contribution is 7.83. The minimum absolute atomic E-state index is 0. The van der Waals surface area contributed by atoms with Crippen LogP contribution in [-0.2, 0) is 40.9 Å². The van der Waals surface area contributed by atoms with Gasteiger partial charge >= 0.3 is 10.3 Å². The summed E-state index contributed by atoms with van der Waals surface area (Å²) in [6.45, 7) is 2.97. The van der Waals surface area contributed by atoms with Crippen molar-refractivity contribution in [2.45, 2.75) is 38.1 Å². The van der Waals surface area contributed by atoms with Gasteiger partial charge in [-0.15, -0.1) is 12.4 Å². The highest BCUT2D eigenvalue weighted by Gasteiger charge is 2.27. The molecule has 37 heavy (non-hydrogen) atoms. The van der Waals surface area contributed by atoms with Gasteiger partial charge in [0.2, 0.25) is 5.91 Å². The van der Waals surface area contributed by atoms with E-state index >= 15 is 0 Å². The minimum Gasteiger partial charge on any atom is -0.493 e. The number of rotatable bonds is 10. The van der Waals surface area contributed by atoms with Crippen molar-refractivity contribution < 1.29 is 27.2 Å². The van der Waals surface area contributed by atoms with Gasteiger partial charge in [0.25, 0.3) is 0 Å². The highest BCUT2D eigenvalue weighted by atomic mass is 35.5. The van der Waals surface area contributed by atoms with Gasteiger partial charge in [0.05, 0.1) is 14.2 Å². The van der Waals surface area contributed by atoms with Crippen LogP contribution in [0.3, 0.4) is 0 Å². The van der Waals surface area contributed by atoms with Crippen molar-refractivity contribution in [3.63, 3.8) is 0 Å². The Morgan fingerprint density at radius 1 is 1.08 bits per heavy atom. The van der Waals surface area contributed by atoms with Gasteiger partial charge in [0.15, 0.2) is 11.5 Å². The number of nitrogens with one attached hydrogen (secondary N) is 1. The van der Waals surface area contributed by atoms with Crippen molar-refractivity contribution >= 4 is 28.6 Å². The van der Waals surface area contributed by atoms with Crippen molar-refractivity contribution in [2.75, 3.05) is 47.4 Å². The molecule has 0 spiro atoms. The molecule has 1 unspecified atom stereocenters. The number of methoxy groups -OCH3 is 2. The molecule has 1 atom stereocenters. The van der Waals surface area contributed by atoms with E-state index in [-0.39, 0.29) is 24.9 Å². The molecule has 0 saturated heterocycles. The Balaban J connectivity index is 0.00000380. The number of carbonyl (C=O) groups excluding carboxylic acids is 1. The number of ether oxygens (including phenoxy) is 2. The Morgan fingerprint density at radius 2 is 1.70 bits per heavy atom. The van der Waals surface area contributed by atoms with E-state index in [1.807, 2.05) is 35.2 Å². The maximum Gasteiger partial charge on any atom is 0.335 e. The molecule has 0 fully saturated rings. The monoisotopic (exact) mass is 553 g/mol. The van der Waals surface area contributed by atoms with Gasteiger partial charge in [-0.1, -0.05) is 18.2 Å². The van der Waals surface area contributed by atoms with Crippen molar-refractivity contribution in [1.82, 2.24) is 14.5 Å². The second-order valence-corrected chi connectivity index (χ2v) is 11.0. The quantitative estimate of drug-likeness (QED) is 0.344. The molecular formula is C26H36ClN3O6S. The molecular weight excluding hydrogens is 518 g/mol. The number of halogens is 1. The summed E-state index contributed by atoms with van der Waals surface area (Å²) in [5.41, 5.74) is 5.72. The molecule has 2 aliphatic rings. The fourth-order valence-electron chi connectivity index (χ4n) is 5.03. The molecule has 1 amide bonds. The van der Waals surface area contributed by atoms with Crippen LogP contribution in [0.4, 0.5) is 0 Å². The lowest BCUT2D eigenvalue weighted by molar-refractivity contribution is -0.131. The predicted molar refractivity (Wildman–Crippen MR) is 144 cm³/mol. The van der Waals surface area contributed by atoms with Crippen molar-refractivity contribution in [3.8, 4) is 11.5 Å². The number of fused-ring (bicyclic) bond motifs is 2. The molecule has 11 heteroatoms. The van der Waals surface area contributed by atoms with Gasteiger partial charge in [-0.05, 0) is 59.2 Å². The zero-order valence-corrected chi connectivity index (χ0v) is 23.2. The molecule has 1 aliphatic carbocycles. The summed E-state index contributed by atoms with van der Waals surface area (Å²) >= 11 is 0. The average molecular weight is 554 g/mol. The first-order valence-electron chi connectivity index (χ1n) is 12.2. The Labute approximate surface area is 225 Å². The lowest BCUT2D eigenvalue weighted by atomic mass is 9.77. The molecule has 2 aromatic carbocycles. The lowest BCUT2D eigenvalue weighted by Gasteiger charge is -2.31. The van der Waals surface area contributed by atoms with Crippen LogP contribution in [-0.4, -0.2) is 75.5 Å². The standard InChI is InChI=1S/C26H35N3O6S.ClH/c1-28(36(31,32)33)17-18-4-5-23-21(12-18)13-22(23)16-27-9-6-26(30)29-10-7-19-14-24(34-2)25(35-3)15-20(19)8-11-29;/h4-5,12,14-15,22,27H,6-11,13,16-17H2,1-3H3,(H,31,32,33);1H. The van der Waals surface area contributed by atoms with Crippen molar-refractivity contribution in [2.24, 2.45) is 0 Å². The Hall–Kier alpha value is -2.37. The first kappa shape index (κ1) is 29.2. The van der Waals surface area contributed by atoms with E-state index in [0.29, 0.717) is 32.0 Å². The molecule has 4 rings (SSSR count). The van der Waals surface area contributed by atoms with E-state index in [1.165, 1.54) is 29.3 Å². The maximum atomic E-state index is 12.8. The molecule has 1 aliphatic heterocycles. The minimum atomic E-state index is -4.19. The maximum absolute atomic E-state index is 12.8. The lowest BCUT2D eigenvalue weighted by Crippen LogP contribution is -2.36. The fraction of sp³-hybridized carbons (Fsp3) is 0.500. The van der Waals surface area contributed by atoms with Crippen LogP contribution in [0.5, 0.6) is 11.5 Å². The normalized spacial score (nSPS) is 16.7. The Bertz CT molecular complexity index is 1190. The zero-order valence-electron chi connectivity index (χ0n) is 21.5. The van der Waals surface area contributed by atoms with Crippen LogP contribution in [0.2, 0.25) is 0 Å². The molecule has 1 heterocycles. The Morgan fingerprint density at radius 3 is 2.24 bits per heavy atom. The third-order valence-corrected chi connectivity index (χ3v) is 8.10. The topological polar surface area (TPSA) is 108 Å². The molecule has 0 saturated carbocycles. The zero-order chi connectivity index (χ0) is 25.9. The van der Waals surface area contributed by atoms with E-state index in [0.717, 1.165) is 47.2 Å². The number of hydrogen-bond acceptors (Lipinski definition) is 6. The molecule has 0 bridgehead atoms. The van der Waals surface area contributed by atoms with Crippen LogP contribution < -0.4 is 14.8 Å². The van der Waals surface area contributed by atoms with E-state index in [9.17, 15) is 13.2 Å². The van der Waals surface area contributed by atoms with E-state index < -0.39 is 10.3 Å². The van der Waals surface area contributed by atoms with Crippen LogP contribution in [0, 0.1) is 0 Å². The summed E-state index contributed by atoms with van der Waals surface area (Å²) in [7, 11) is 0.431. The third-order valence-electron chi connectivity index (χ3n) is 7.18. The number of hydrogen-bond donors (Lipinski definition) is 2. The number of amides is 1. The Kier molecular flexibility index (Phi) is 9.82. The van der Waals surface area contributed by atoms with Gasteiger partial charge in [0.1, 0.15) is 0 Å². The summed E-state index contributed by atoms with van der Waals surface area (Å²) in [6, 6.07) is 9.98. The molecule has 0 radical (unpaired) electrons. The van der Waals surface area contributed by atoms with E-state index in [4.69, 9.17) is 14.0 Å². The molecule has 0 aromatic heterocycles. The molecule has 2 N–H and O–H groups in total. The van der Waals surface area contributed by atoms with E-state index in [1.54, 1.807) is 14.2 Å². The predicted octanol–water partition coefficient (Wildman–Crippen LogP) is 2.61. The van der Waals surface area contributed by atoms with Gasteiger partial charge < -0.3 is 19.7 Å². The highest BCUT2D eigenvalue weighted by Crippen LogP contribution is 2.35. The average Bonchev–Trinajstić information content (AvgIpc) is 3.05. The van der Waals surface area contributed by atoms with Crippen LogP contribution >= 0.6 is 12.4 Å². The van der Waals surface area contributed by atoms with Crippen LogP contribution in [0.1, 0.15) is 40.2 Å². The summed E-state index contributed by atoms with van der Waals surface area (Å²) in [4.78, 5) is 14.8. The SMILES string of the molecule is COc1cc2c(cc1OC)CCN(C(=O)CCNCC1Cc3cc(CN(C)S(=O)(=O)O)ccc31)CC2.Cl.